The fourth-order valence-corrected chi connectivity index (χ4v) is 5.30. The van der Waals surface area contributed by atoms with E-state index in [9.17, 15) is 13.2 Å². The van der Waals surface area contributed by atoms with Gasteiger partial charge < -0.3 is 9.47 Å². The van der Waals surface area contributed by atoms with Crippen molar-refractivity contribution < 1.29 is 22.7 Å². The number of hydrogen-bond donors (Lipinski definition) is 0. The molecule has 0 atom stereocenters. The minimum atomic E-state index is -3.57. The van der Waals surface area contributed by atoms with Crippen LogP contribution in [0.15, 0.2) is 77.8 Å². The first kappa shape index (κ1) is 27.1. The van der Waals surface area contributed by atoms with Gasteiger partial charge in [0, 0.05) is 17.4 Å². The minimum absolute atomic E-state index is 0.155. The number of sulfone groups is 1. The van der Waals surface area contributed by atoms with Crippen molar-refractivity contribution >= 4 is 15.6 Å². The molecule has 0 radical (unpaired) electrons. The first-order chi connectivity index (χ1) is 17.9. The van der Waals surface area contributed by atoms with Gasteiger partial charge in [0.25, 0.3) is 0 Å². The molecule has 0 N–H and O–H groups in total. The molecule has 4 aromatic rings. The number of carbonyl (C=O) groups is 1. The Morgan fingerprint density at radius 3 is 2.18 bits per heavy atom. The molecule has 0 aliphatic heterocycles. The van der Waals surface area contributed by atoms with Gasteiger partial charge in [-0.05, 0) is 68.7 Å². The van der Waals surface area contributed by atoms with Gasteiger partial charge in [-0.2, -0.15) is 5.10 Å². The van der Waals surface area contributed by atoms with Crippen molar-refractivity contribution in [2.24, 2.45) is 0 Å². The third kappa shape index (κ3) is 5.50. The predicted octanol–water partition coefficient (Wildman–Crippen LogP) is 5.84. The SMILES string of the molecule is COc1ccc(-c2c(S(C)(=O)=O)ccc(C(=O)c3cnn(C(C)(C)C)c3OCc3ccccc3)c2C)cc1. The van der Waals surface area contributed by atoms with Crippen molar-refractivity contribution in [3.05, 3.63) is 95.2 Å². The Morgan fingerprint density at radius 1 is 0.947 bits per heavy atom. The number of ether oxygens (including phenoxy) is 2. The maximum atomic E-state index is 14.0. The maximum absolute atomic E-state index is 14.0. The van der Waals surface area contributed by atoms with Crippen LogP contribution in [0.2, 0.25) is 0 Å². The summed E-state index contributed by atoms with van der Waals surface area (Å²) in [7, 11) is -2.01. The molecule has 4 rings (SSSR count). The first-order valence-corrected chi connectivity index (χ1v) is 14.1. The average Bonchev–Trinajstić information content (AvgIpc) is 3.32. The number of aromatic nitrogens is 2. The second-order valence-electron chi connectivity index (χ2n) is 10.2. The molecule has 0 aliphatic rings. The Hall–Kier alpha value is -3.91. The Balaban J connectivity index is 1.84. The molecule has 1 aromatic heterocycles. The summed E-state index contributed by atoms with van der Waals surface area (Å²) in [5.41, 5.74) is 2.92. The normalized spacial score (nSPS) is 11.8. The highest BCUT2D eigenvalue weighted by molar-refractivity contribution is 7.90. The molecule has 8 heteroatoms. The highest BCUT2D eigenvalue weighted by Crippen LogP contribution is 2.36. The van der Waals surface area contributed by atoms with Crippen LogP contribution in [0.3, 0.4) is 0 Å². The fraction of sp³-hybridized carbons (Fsp3) is 0.267. The van der Waals surface area contributed by atoms with Crippen LogP contribution in [-0.2, 0) is 22.0 Å². The second-order valence-corrected chi connectivity index (χ2v) is 12.1. The van der Waals surface area contributed by atoms with Gasteiger partial charge in [0.05, 0.1) is 23.7 Å². The van der Waals surface area contributed by atoms with Crippen LogP contribution in [-0.4, -0.2) is 37.3 Å². The molecular weight excluding hydrogens is 500 g/mol. The van der Waals surface area contributed by atoms with Gasteiger partial charge in [0.2, 0.25) is 5.88 Å². The molecule has 0 fully saturated rings. The zero-order valence-electron chi connectivity index (χ0n) is 22.5. The lowest BCUT2D eigenvalue weighted by Gasteiger charge is -2.23. The van der Waals surface area contributed by atoms with Crippen LogP contribution in [0.4, 0.5) is 0 Å². The van der Waals surface area contributed by atoms with Crippen LogP contribution < -0.4 is 9.47 Å². The Labute approximate surface area is 224 Å². The van der Waals surface area contributed by atoms with Crippen molar-refractivity contribution in [2.75, 3.05) is 13.4 Å². The Kier molecular flexibility index (Phi) is 7.47. The third-order valence-corrected chi connectivity index (χ3v) is 7.41. The monoisotopic (exact) mass is 532 g/mol. The van der Waals surface area contributed by atoms with Crippen LogP contribution in [0.25, 0.3) is 11.1 Å². The number of benzene rings is 3. The molecule has 0 saturated heterocycles. The van der Waals surface area contributed by atoms with E-state index in [-0.39, 0.29) is 17.3 Å². The van der Waals surface area contributed by atoms with Crippen LogP contribution >= 0.6 is 0 Å². The lowest BCUT2D eigenvalue weighted by atomic mass is 9.92. The average molecular weight is 533 g/mol. The fourth-order valence-electron chi connectivity index (χ4n) is 4.34. The van der Waals surface area contributed by atoms with Crippen LogP contribution in [0, 0.1) is 6.92 Å². The zero-order valence-corrected chi connectivity index (χ0v) is 23.3. The topological polar surface area (TPSA) is 87.5 Å². The van der Waals surface area contributed by atoms with Gasteiger partial charge in [0.15, 0.2) is 15.6 Å². The van der Waals surface area contributed by atoms with Crippen molar-refractivity contribution in [1.82, 2.24) is 9.78 Å². The molecule has 0 amide bonds. The van der Waals surface area contributed by atoms with Crippen molar-refractivity contribution in [2.45, 2.75) is 44.7 Å². The van der Waals surface area contributed by atoms with E-state index in [0.29, 0.717) is 39.4 Å². The molecule has 0 spiro atoms. The predicted molar refractivity (Wildman–Crippen MR) is 148 cm³/mol. The first-order valence-electron chi connectivity index (χ1n) is 12.2. The molecule has 7 nitrogen and oxygen atoms in total. The van der Waals surface area contributed by atoms with Crippen molar-refractivity contribution in [3.63, 3.8) is 0 Å². The van der Waals surface area contributed by atoms with E-state index in [1.807, 2.05) is 51.1 Å². The molecule has 198 valence electrons. The largest absolute Gasteiger partial charge is 0.497 e. The molecule has 38 heavy (non-hydrogen) atoms. The summed E-state index contributed by atoms with van der Waals surface area (Å²) in [6.07, 6.45) is 2.68. The second kappa shape index (κ2) is 10.5. The van der Waals surface area contributed by atoms with Gasteiger partial charge in [-0.15, -0.1) is 0 Å². The number of carbonyl (C=O) groups excluding carboxylic acids is 1. The Morgan fingerprint density at radius 2 is 1.61 bits per heavy atom. The quantitative estimate of drug-likeness (QED) is 0.265. The lowest BCUT2D eigenvalue weighted by Crippen LogP contribution is -2.24. The lowest BCUT2D eigenvalue weighted by molar-refractivity contribution is 0.103. The van der Waals surface area contributed by atoms with E-state index in [1.165, 1.54) is 18.5 Å². The summed E-state index contributed by atoms with van der Waals surface area (Å²) in [6.45, 7) is 7.98. The van der Waals surface area contributed by atoms with Gasteiger partial charge in [-0.25, -0.2) is 13.1 Å². The van der Waals surface area contributed by atoms with Gasteiger partial charge in [0.1, 0.15) is 17.9 Å². The van der Waals surface area contributed by atoms with E-state index in [2.05, 4.69) is 5.10 Å². The third-order valence-electron chi connectivity index (χ3n) is 6.27. The standard InChI is InChI=1S/C30H32N2O5S/c1-20-24(16-17-26(38(6,34)35)27(20)22-12-14-23(36-5)15-13-22)28(33)25-18-31-32(30(2,3)4)29(25)37-19-21-10-8-7-9-11-21/h7-18H,19H2,1-6H3. The van der Waals surface area contributed by atoms with Gasteiger partial charge >= 0.3 is 0 Å². The van der Waals surface area contributed by atoms with E-state index in [4.69, 9.17) is 9.47 Å². The van der Waals surface area contributed by atoms with Crippen LogP contribution in [0.5, 0.6) is 11.6 Å². The zero-order chi connectivity index (χ0) is 27.7. The molecule has 1 heterocycles. The number of hydrogen-bond acceptors (Lipinski definition) is 6. The summed E-state index contributed by atoms with van der Waals surface area (Å²) in [4.78, 5) is 14.1. The molecule has 3 aromatic carbocycles. The van der Waals surface area contributed by atoms with Crippen LogP contribution in [0.1, 0.15) is 47.8 Å². The van der Waals surface area contributed by atoms with E-state index < -0.39 is 15.4 Å². The summed E-state index contributed by atoms with van der Waals surface area (Å²) >= 11 is 0. The molecule has 0 unspecified atom stereocenters. The van der Waals surface area contributed by atoms with E-state index in [1.54, 1.807) is 49.0 Å². The summed E-state index contributed by atoms with van der Waals surface area (Å²) in [5.74, 6) is 0.717. The van der Waals surface area contributed by atoms with E-state index >= 15 is 0 Å². The Bertz CT molecular complexity index is 1570. The molecule has 0 aliphatic carbocycles. The summed E-state index contributed by atoms with van der Waals surface area (Å²) in [5, 5.41) is 4.49. The molecule has 0 saturated carbocycles. The summed E-state index contributed by atoms with van der Waals surface area (Å²) in [6, 6.07) is 19.9. The number of methoxy groups -OCH3 is 1. The smallest absolute Gasteiger partial charge is 0.224 e. The van der Waals surface area contributed by atoms with Gasteiger partial charge in [-0.1, -0.05) is 42.5 Å². The highest BCUT2D eigenvalue weighted by Gasteiger charge is 2.29. The van der Waals surface area contributed by atoms with Crippen molar-refractivity contribution in [1.29, 1.82) is 0 Å². The van der Waals surface area contributed by atoms with E-state index in [0.717, 1.165) is 5.56 Å². The maximum Gasteiger partial charge on any atom is 0.224 e. The van der Waals surface area contributed by atoms with Gasteiger partial charge in [-0.3, -0.25) is 4.79 Å². The number of nitrogens with zero attached hydrogens (tertiary/aromatic N) is 2. The highest BCUT2D eigenvalue weighted by atomic mass is 32.2. The van der Waals surface area contributed by atoms with Crippen molar-refractivity contribution in [3.8, 4) is 22.8 Å². The summed E-state index contributed by atoms with van der Waals surface area (Å²) < 4.78 is 38.5. The molecule has 0 bridgehead atoms. The minimum Gasteiger partial charge on any atom is -0.497 e. The molecular formula is C30H32N2O5S. The number of ketones is 1. The number of rotatable bonds is 8.